The average Bonchev–Trinajstić information content (AvgIpc) is 3.54. The molecule has 8 heteroatoms. The Bertz CT molecular complexity index is 1510. The van der Waals surface area contributed by atoms with Crippen LogP contribution >= 0.6 is 11.3 Å². The molecule has 0 saturated heterocycles. The first-order chi connectivity index (χ1) is 17.5. The van der Waals surface area contributed by atoms with Crippen LogP contribution in [0.5, 0.6) is 0 Å². The molecule has 0 aliphatic carbocycles. The summed E-state index contributed by atoms with van der Waals surface area (Å²) in [6, 6.07) is 20.6. The number of aromatic nitrogens is 5. The van der Waals surface area contributed by atoms with Gasteiger partial charge in [0.15, 0.2) is 5.82 Å². The molecule has 3 heterocycles. The van der Waals surface area contributed by atoms with E-state index in [1.165, 1.54) is 4.88 Å². The van der Waals surface area contributed by atoms with E-state index in [0.717, 1.165) is 45.4 Å². The van der Waals surface area contributed by atoms with Crippen molar-refractivity contribution in [3.63, 3.8) is 0 Å². The average molecular weight is 499 g/mol. The maximum Gasteiger partial charge on any atom is 0.252 e. The summed E-state index contributed by atoms with van der Waals surface area (Å²) >= 11 is 1.72. The standard InChI is InChI=1S/C28H30N6OS/c1-4-26(27-30-31-32-34(27)16-21-9-6-5-7-10-21)33(18-23-11-8-12-36-23)17-22-15-24-20(3)13-19(2)14-25(24)29-28(22)35/h5-15,26H,4,16-18H2,1-3H3,(H,29,35)/t26-/m1/s1. The van der Waals surface area contributed by atoms with Gasteiger partial charge in [-0.25, -0.2) is 4.68 Å². The van der Waals surface area contributed by atoms with Crippen molar-refractivity contribution in [2.75, 3.05) is 0 Å². The maximum absolute atomic E-state index is 13.2. The first-order valence-corrected chi connectivity index (χ1v) is 13.1. The topological polar surface area (TPSA) is 79.7 Å². The number of thiophene rings is 1. The molecule has 0 bridgehead atoms. The summed E-state index contributed by atoms with van der Waals surface area (Å²) in [5.74, 6) is 0.807. The summed E-state index contributed by atoms with van der Waals surface area (Å²) in [5.41, 5.74) is 5.01. The number of nitrogens with one attached hydrogen (secondary N) is 1. The fourth-order valence-corrected chi connectivity index (χ4v) is 5.58. The molecule has 3 aromatic heterocycles. The number of hydrogen-bond donors (Lipinski definition) is 1. The SMILES string of the molecule is CC[C@H](c1nnnn1Cc1ccccc1)N(Cc1cccs1)Cc1cc2c(C)cc(C)cc2[nH]c1=O. The number of nitrogens with zero attached hydrogens (tertiary/aromatic N) is 5. The molecule has 1 N–H and O–H groups in total. The Morgan fingerprint density at radius 1 is 1.06 bits per heavy atom. The zero-order valence-corrected chi connectivity index (χ0v) is 21.6. The van der Waals surface area contributed by atoms with Crippen molar-refractivity contribution in [2.24, 2.45) is 0 Å². The molecule has 2 aromatic carbocycles. The summed E-state index contributed by atoms with van der Waals surface area (Å²) < 4.78 is 1.88. The van der Waals surface area contributed by atoms with Crippen molar-refractivity contribution in [1.29, 1.82) is 0 Å². The Kier molecular flexibility index (Phi) is 7.06. The predicted octanol–water partition coefficient (Wildman–Crippen LogP) is 5.39. The summed E-state index contributed by atoms with van der Waals surface area (Å²) in [4.78, 5) is 19.8. The fraction of sp³-hybridized carbons (Fsp3) is 0.286. The maximum atomic E-state index is 13.2. The molecular formula is C28H30N6OS. The number of tetrazole rings is 1. The van der Waals surface area contributed by atoms with Gasteiger partial charge < -0.3 is 4.98 Å². The molecule has 0 saturated carbocycles. The second-order valence-corrected chi connectivity index (χ2v) is 10.3. The molecule has 0 unspecified atom stereocenters. The van der Waals surface area contributed by atoms with Gasteiger partial charge in [-0.2, -0.15) is 0 Å². The monoisotopic (exact) mass is 498 g/mol. The molecule has 1 atom stereocenters. The van der Waals surface area contributed by atoms with E-state index in [2.05, 4.69) is 75.0 Å². The highest BCUT2D eigenvalue weighted by molar-refractivity contribution is 7.09. The van der Waals surface area contributed by atoms with Gasteiger partial charge in [0, 0.05) is 34.4 Å². The first kappa shape index (κ1) is 24.1. The van der Waals surface area contributed by atoms with Crippen LogP contribution in [0.4, 0.5) is 0 Å². The minimum absolute atomic E-state index is 0.0533. The second kappa shape index (κ2) is 10.6. The third-order valence-corrected chi connectivity index (χ3v) is 7.42. The molecule has 36 heavy (non-hydrogen) atoms. The number of pyridine rings is 1. The summed E-state index contributed by atoms with van der Waals surface area (Å²) in [6.45, 7) is 8.08. The van der Waals surface area contributed by atoms with Crippen molar-refractivity contribution in [3.8, 4) is 0 Å². The van der Waals surface area contributed by atoms with Crippen LogP contribution in [-0.4, -0.2) is 30.1 Å². The molecule has 0 aliphatic rings. The van der Waals surface area contributed by atoms with Crippen LogP contribution in [0.25, 0.3) is 10.9 Å². The Morgan fingerprint density at radius 3 is 2.64 bits per heavy atom. The molecule has 5 aromatic rings. The van der Waals surface area contributed by atoms with Gasteiger partial charge in [0.25, 0.3) is 5.56 Å². The van der Waals surface area contributed by atoms with Crippen LogP contribution in [0.1, 0.15) is 52.3 Å². The van der Waals surface area contributed by atoms with E-state index in [4.69, 9.17) is 0 Å². The van der Waals surface area contributed by atoms with Crippen LogP contribution in [0.3, 0.4) is 0 Å². The lowest BCUT2D eigenvalue weighted by Crippen LogP contribution is -2.32. The van der Waals surface area contributed by atoms with Gasteiger partial charge in [0.1, 0.15) is 0 Å². The van der Waals surface area contributed by atoms with Gasteiger partial charge in [0.2, 0.25) is 0 Å². The number of H-pyrrole nitrogens is 1. The number of aryl methyl sites for hydroxylation is 2. The Morgan fingerprint density at radius 2 is 1.89 bits per heavy atom. The fourth-order valence-electron chi connectivity index (χ4n) is 4.85. The summed E-state index contributed by atoms with van der Waals surface area (Å²) in [7, 11) is 0. The number of benzene rings is 2. The quantitative estimate of drug-likeness (QED) is 0.295. The molecular weight excluding hydrogens is 468 g/mol. The molecule has 0 radical (unpaired) electrons. The van der Waals surface area contributed by atoms with Gasteiger partial charge in [-0.15, -0.1) is 16.4 Å². The van der Waals surface area contributed by atoms with Crippen molar-refractivity contribution >= 4 is 22.2 Å². The minimum atomic E-state index is -0.0555. The third-order valence-electron chi connectivity index (χ3n) is 6.56. The van der Waals surface area contributed by atoms with Gasteiger partial charge in [0.05, 0.1) is 12.6 Å². The van der Waals surface area contributed by atoms with Crippen molar-refractivity contribution in [2.45, 2.75) is 52.9 Å². The normalized spacial score (nSPS) is 12.4. The van der Waals surface area contributed by atoms with E-state index < -0.39 is 0 Å². The molecule has 184 valence electrons. The van der Waals surface area contributed by atoms with Crippen molar-refractivity contribution in [1.82, 2.24) is 30.1 Å². The van der Waals surface area contributed by atoms with E-state index in [0.29, 0.717) is 19.6 Å². The Hall–Kier alpha value is -3.62. The smallest absolute Gasteiger partial charge is 0.252 e. The first-order valence-electron chi connectivity index (χ1n) is 12.2. The lowest BCUT2D eigenvalue weighted by molar-refractivity contribution is 0.163. The van der Waals surface area contributed by atoms with E-state index in [1.807, 2.05) is 41.9 Å². The van der Waals surface area contributed by atoms with Gasteiger partial charge in [-0.1, -0.05) is 49.4 Å². The van der Waals surface area contributed by atoms with E-state index >= 15 is 0 Å². The van der Waals surface area contributed by atoms with Crippen LogP contribution in [0, 0.1) is 13.8 Å². The third kappa shape index (κ3) is 5.15. The molecule has 0 amide bonds. The van der Waals surface area contributed by atoms with Crippen LogP contribution in [0.2, 0.25) is 0 Å². The van der Waals surface area contributed by atoms with Gasteiger partial charge in [-0.3, -0.25) is 9.69 Å². The van der Waals surface area contributed by atoms with E-state index in [9.17, 15) is 4.79 Å². The summed E-state index contributed by atoms with van der Waals surface area (Å²) in [6.07, 6.45) is 0.810. The molecule has 5 rings (SSSR count). The van der Waals surface area contributed by atoms with E-state index in [1.54, 1.807) is 11.3 Å². The number of rotatable bonds is 9. The van der Waals surface area contributed by atoms with Crippen LogP contribution in [-0.2, 0) is 19.6 Å². The number of hydrogen-bond acceptors (Lipinski definition) is 6. The predicted molar refractivity (Wildman–Crippen MR) is 144 cm³/mol. The van der Waals surface area contributed by atoms with Gasteiger partial charge >= 0.3 is 0 Å². The van der Waals surface area contributed by atoms with E-state index in [-0.39, 0.29) is 11.6 Å². The lowest BCUT2D eigenvalue weighted by Gasteiger charge is -2.30. The zero-order chi connectivity index (χ0) is 25.1. The summed E-state index contributed by atoms with van der Waals surface area (Å²) in [5, 5.41) is 15.9. The highest BCUT2D eigenvalue weighted by atomic mass is 32.1. The lowest BCUT2D eigenvalue weighted by atomic mass is 10.0. The number of aromatic amines is 1. The van der Waals surface area contributed by atoms with Crippen molar-refractivity contribution in [3.05, 3.63) is 109 Å². The number of fused-ring (bicyclic) bond motifs is 1. The molecule has 0 spiro atoms. The minimum Gasteiger partial charge on any atom is -0.322 e. The Balaban J connectivity index is 1.52. The van der Waals surface area contributed by atoms with Crippen LogP contribution < -0.4 is 5.56 Å². The highest BCUT2D eigenvalue weighted by Crippen LogP contribution is 2.28. The highest BCUT2D eigenvalue weighted by Gasteiger charge is 2.26. The molecule has 0 aliphatic heterocycles. The molecule has 0 fully saturated rings. The Labute approximate surface area is 214 Å². The zero-order valence-electron chi connectivity index (χ0n) is 20.8. The molecule has 7 nitrogen and oxygen atoms in total. The largest absolute Gasteiger partial charge is 0.322 e. The van der Waals surface area contributed by atoms with Crippen LogP contribution in [0.15, 0.2) is 70.8 Å². The second-order valence-electron chi connectivity index (χ2n) is 9.26. The van der Waals surface area contributed by atoms with Gasteiger partial charge in [-0.05, 0) is 71.0 Å². The van der Waals surface area contributed by atoms with Crippen molar-refractivity contribution < 1.29 is 0 Å².